The maximum atomic E-state index is 12.7. The largest absolute Gasteiger partial charge is 0.352 e. The summed E-state index contributed by atoms with van der Waals surface area (Å²) in [7, 11) is 0. The van der Waals surface area contributed by atoms with Gasteiger partial charge in [0.15, 0.2) is 0 Å². The zero-order valence-corrected chi connectivity index (χ0v) is 16.0. The summed E-state index contributed by atoms with van der Waals surface area (Å²) in [6.45, 7) is 4.08. The normalized spacial score (nSPS) is 26.6. The Hall–Kier alpha value is -1.89. The van der Waals surface area contributed by atoms with E-state index >= 15 is 0 Å². The fourth-order valence-corrected chi connectivity index (χ4v) is 5.37. The minimum atomic E-state index is -0.246. The van der Waals surface area contributed by atoms with Crippen LogP contribution in [-0.2, 0) is 4.79 Å². The Morgan fingerprint density at radius 3 is 2.73 bits per heavy atom. The van der Waals surface area contributed by atoms with Crippen molar-refractivity contribution < 1.29 is 4.79 Å². The van der Waals surface area contributed by atoms with Crippen molar-refractivity contribution in [3.63, 3.8) is 0 Å². The van der Waals surface area contributed by atoms with Crippen LogP contribution in [0.4, 0.5) is 0 Å². The number of carbonyl (C=O) groups is 1. The smallest absolute Gasteiger partial charge is 0.233 e. The maximum Gasteiger partial charge on any atom is 0.233 e. The number of para-hydroxylation sites is 1. The van der Waals surface area contributed by atoms with Crippen LogP contribution in [0.3, 0.4) is 0 Å². The second-order valence-corrected chi connectivity index (χ2v) is 8.91. The number of thioether (sulfide) groups is 1. The third-order valence-electron chi connectivity index (χ3n) is 5.90. The number of nitrogens with one attached hydrogen (secondary N) is 1. The Kier molecular flexibility index (Phi) is 4.98. The van der Waals surface area contributed by atoms with E-state index < -0.39 is 0 Å². The van der Waals surface area contributed by atoms with E-state index in [1.165, 1.54) is 37.4 Å². The van der Waals surface area contributed by atoms with Gasteiger partial charge in [-0.2, -0.15) is 4.68 Å². The van der Waals surface area contributed by atoms with Crippen molar-refractivity contribution in [1.82, 2.24) is 25.5 Å². The lowest BCUT2D eigenvalue weighted by molar-refractivity contribution is -0.121. The van der Waals surface area contributed by atoms with Gasteiger partial charge in [0.05, 0.1) is 10.9 Å². The summed E-state index contributed by atoms with van der Waals surface area (Å²) in [5.74, 6) is 2.41. The molecule has 2 saturated carbocycles. The summed E-state index contributed by atoms with van der Waals surface area (Å²) in [6, 6.07) is 9.97. The highest BCUT2D eigenvalue weighted by molar-refractivity contribution is 8.00. The highest BCUT2D eigenvalue weighted by atomic mass is 32.2. The number of benzene rings is 1. The highest BCUT2D eigenvalue weighted by Crippen LogP contribution is 2.49. The number of carbonyl (C=O) groups excluding carboxylic acids is 1. The summed E-state index contributed by atoms with van der Waals surface area (Å²) >= 11 is 1.39. The molecule has 26 heavy (non-hydrogen) atoms. The van der Waals surface area contributed by atoms with E-state index in [0.29, 0.717) is 11.1 Å². The minimum absolute atomic E-state index is 0.0629. The molecule has 138 valence electrons. The van der Waals surface area contributed by atoms with Crippen LogP contribution in [0.2, 0.25) is 0 Å². The zero-order chi connectivity index (χ0) is 18.1. The first-order chi connectivity index (χ1) is 12.6. The van der Waals surface area contributed by atoms with Gasteiger partial charge in [-0.05, 0) is 73.4 Å². The highest BCUT2D eigenvalue weighted by Gasteiger charge is 2.42. The van der Waals surface area contributed by atoms with E-state index in [1.807, 2.05) is 37.3 Å². The Morgan fingerprint density at radius 2 is 2.04 bits per heavy atom. The number of hydrogen-bond donors (Lipinski definition) is 1. The van der Waals surface area contributed by atoms with Crippen LogP contribution in [0.25, 0.3) is 5.69 Å². The molecule has 1 aromatic heterocycles. The zero-order valence-electron chi connectivity index (χ0n) is 15.2. The third kappa shape index (κ3) is 3.49. The number of amides is 1. The van der Waals surface area contributed by atoms with Crippen LogP contribution in [0.15, 0.2) is 35.5 Å². The van der Waals surface area contributed by atoms with Gasteiger partial charge < -0.3 is 5.32 Å². The lowest BCUT2D eigenvalue weighted by Gasteiger charge is -2.29. The van der Waals surface area contributed by atoms with Gasteiger partial charge in [0, 0.05) is 6.04 Å². The first kappa shape index (κ1) is 17.5. The first-order valence-electron chi connectivity index (χ1n) is 9.42. The van der Waals surface area contributed by atoms with Gasteiger partial charge in [-0.15, -0.1) is 5.10 Å². The van der Waals surface area contributed by atoms with Crippen LogP contribution in [0.5, 0.6) is 0 Å². The second kappa shape index (κ2) is 7.39. The molecule has 2 fully saturated rings. The number of fused-ring (bicyclic) bond motifs is 2. The number of hydrogen-bond acceptors (Lipinski definition) is 5. The molecule has 1 amide bonds. The third-order valence-corrected chi connectivity index (χ3v) is 6.93. The summed E-state index contributed by atoms with van der Waals surface area (Å²) < 4.78 is 1.67. The molecule has 1 heterocycles. The molecule has 4 rings (SSSR count). The Morgan fingerprint density at radius 1 is 1.23 bits per heavy atom. The molecule has 2 aliphatic rings. The van der Waals surface area contributed by atoms with Crippen LogP contribution < -0.4 is 5.32 Å². The maximum absolute atomic E-state index is 12.7. The quantitative estimate of drug-likeness (QED) is 0.790. The summed E-state index contributed by atoms with van der Waals surface area (Å²) in [5, 5.41) is 15.5. The summed E-state index contributed by atoms with van der Waals surface area (Å²) in [4.78, 5) is 12.7. The minimum Gasteiger partial charge on any atom is -0.352 e. The summed E-state index contributed by atoms with van der Waals surface area (Å²) in [6.07, 6.45) is 5.36. The first-order valence-corrected chi connectivity index (χ1v) is 10.3. The molecule has 2 bridgehead atoms. The van der Waals surface area contributed by atoms with E-state index in [9.17, 15) is 4.79 Å². The molecular formula is C19H25N5OS. The molecule has 0 saturated heterocycles. The van der Waals surface area contributed by atoms with Gasteiger partial charge in [0.1, 0.15) is 0 Å². The SMILES string of the molecule is CC(Sc1nnnn1-c1ccccc1)C(=O)NC(C)C1CC2CCC1C2. The van der Waals surface area contributed by atoms with Gasteiger partial charge >= 0.3 is 0 Å². The van der Waals surface area contributed by atoms with Crippen molar-refractivity contribution in [2.45, 2.75) is 56.0 Å². The molecule has 0 radical (unpaired) electrons. The number of tetrazole rings is 1. The van der Waals surface area contributed by atoms with Crippen molar-refractivity contribution in [3.05, 3.63) is 30.3 Å². The van der Waals surface area contributed by atoms with Crippen LogP contribution in [0, 0.1) is 17.8 Å². The molecule has 2 aliphatic carbocycles. The molecule has 5 atom stereocenters. The van der Waals surface area contributed by atoms with Gasteiger partial charge in [-0.1, -0.05) is 36.4 Å². The number of rotatable bonds is 6. The summed E-state index contributed by atoms with van der Waals surface area (Å²) in [5.41, 5.74) is 0.892. The number of nitrogens with zero attached hydrogens (tertiary/aromatic N) is 4. The van der Waals surface area contributed by atoms with E-state index in [1.54, 1.807) is 4.68 Å². The Balaban J connectivity index is 1.37. The topological polar surface area (TPSA) is 72.7 Å². The molecule has 1 aromatic carbocycles. The average molecular weight is 372 g/mol. The molecule has 2 aromatic rings. The predicted molar refractivity (Wildman–Crippen MR) is 101 cm³/mol. The van der Waals surface area contributed by atoms with Crippen molar-refractivity contribution >= 4 is 17.7 Å². The van der Waals surface area contributed by atoms with Gasteiger partial charge in [0.2, 0.25) is 11.1 Å². The lowest BCUT2D eigenvalue weighted by Crippen LogP contribution is -2.43. The van der Waals surface area contributed by atoms with Crippen molar-refractivity contribution in [3.8, 4) is 5.69 Å². The van der Waals surface area contributed by atoms with E-state index in [-0.39, 0.29) is 17.2 Å². The van der Waals surface area contributed by atoms with E-state index in [4.69, 9.17) is 0 Å². The molecular weight excluding hydrogens is 346 g/mol. The van der Waals surface area contributed by atoms with E-state index in [0.717, 1.165) is 17.5 Å². The molecule has 1 N–H and O–H groups in total. The average Bonchev–Trinajstić information content (AvgIpc) is 3.39. The second-order valence-electron chi connectivity index (χ2n) is 7.60. The standard InChI is InChI=1S/C19H25N5OS/c1-12(17-11-14-8-9-15(17)10-14)20-18(25)13(2)26-19-21-22-23-24(19)16-6-4-3-5-7-16/h3-7,12-15,17H,8-11H2,1-2H3,(H,20,25). The number of aromatic nitrogens is 4. The van der Waals surface area contributed by atoms with Crippen molar-refractivity contribution in [1.29, 1.82) is 0 Å². The predicted octanol–water partition coefficient (Wildman–Crippen LogP) is 3.08. The molecule has 7 heteroatoms. The van der Waals surface area contributed by atoms with Gasteiger partial charge in [-0.25, -0.2) is 0 Å². The Bertz CT molecular complexity index is 764. The molecule has 0 aliphatic heterocycles. The van der Waals surface area contributed by atoms with Gasteiger partial charge in [0.25, 0.3) is 0 Å². The van der Waals surface area contributed by atoms with Crippen LogP contribution in [0.1, 0.15) is 39.5 Å². The van der Waals surface area contributed by atoms with Crippen molar-refractivity contribution in [2.24, 2.45) is 17.8 Å². The lowest BCUT2D eigenvalue weighted by atomic mass is 9.84. The van der Waals surface area contributed by atoms with Crippen LogP contribution in [-0.4, -0.2) is 37.4 Å². The van der Waals surface area contributed by atoms with E-state index in [2.05, 4.69) is 27.8 Å². The Labute approximate surface area is 158 Å². The van der Waals surface area contributed by atoms with Crippen molar-refractivity contribution in [2.75, 3.05) is 0 Å². The monoisotopic (exact) mass is 371 g/mol. The molecule has 0 spiro atoms. The fraction of sp³-hybridized carbons (Fsp3) is 0.579. The van der Waals surface area contributed by atoms with Gasteiger partial charge in [-0.3, -0.25) is 4.79 Å². The van der Waals surface area contributed by atoms with Crippen LogP contribution >= 0.6 is 11.8 Å². The molecule has 6 nitrogen and oxygen atoms in total. The molecule has 5 unspecified atom stereocenters. The fourth-order valence-electron chi connectivity index (χ4n) is 4.55.